The van der Waals surface area contributed by atoms with Crippen LogP contribution in [-0.2, 0) is 28.6 Å². The van der Waals surface area contributed by atoms with Gasteiger partial charge in [-0.3, -0.25) is 4.79 Å². The molecule has 8 heteroatoms. The number of esters is 3. The first kappa shape index (κ1) is 34.8. The molecule has 0 aromatic heterocycles. The summed E-state index contributed by atoms with van der Waals surface area (Å²) >= 11 is 0. The van der Waals surface area contributed by atoms with E-state index in [2.05, 4.69) is 37.4 Å². The smallest absolute Gasteiger partial charge is 0.333 e. The normalized spacial score (nSPS) is 13.0. The van der Waals surface area contributed by atoms with Crippen molar-refractivity contribution >= 4 is 30.1 Å². The zero-order valence-electron chi connectivity index (χ0n) is 26.7. The van der Waals surface area contributed by atoms with Crippen molar-refractivity contribution in [3.8, 4) is 22.6 Å². The third-order valence-corrected chi connectivity index (χ3v) is 7.50. The molecule has 0 atom stereocenters. The minimum atomic E-state index is -0.584. The van der Waals surface area contributed by atoms with E-state index in [4.69, 9.17) is 23.7 Å². The number of benzene rings is 3. The van der Waals surface area contributed by atoms with Crippen LogP contribution < -0.4 is 9.47 Å². The second-order valence-electron chi connectivity index (χ2n) is 11.1. The largest absolute Gasteiger partial charge is 0.493 e. The molecule has 0 amide bonds. The fourth-order valence-corrected chi connectivity index (χ4v) is 4.93. The van der Waals surface area contributed by atoms with Crippen molar-refractivity contribution in [1.82, 2.24) is 0 Å². The van der Waals surface area contributed by atoms with Crippen molar-refractivity contribution in [2.75, 3.05) is 26.4 Å². The lowest BCUT2D eigenvalue weighted by Crippen LogP contribution is -2.22. The number of ether oxygens (including phenoxy) is 5. The van der Waals surface area contributed by atoms with Crippen molar-refractivity contribution in [2.45, 2.75) is 51.0 Å². The van der Waals surface area contributed by atoms with Crippen molar-refractivity contribution < 1.29 is 38.1 Å². The molecule has 47 heavy (non-hydrogen) atoms. The zero-order valence-corrected chi connectivity index (χ0v) is 26.7. The van der Waals surface area contributed by atoms with Gasteiger partial charge in [-0.1, -0.05) is 80.3 Å². The lowest BCUT2D eigenvalue weighted by molar-refractivity contribution is -0.151. The second kappa shape index (κ2) is 18.8. The van der Waals surface area contributed by atoms with Crippen molar-refractivity contribution in [3.05, 3.63) is 109 Å². The van der Waals surface area contributed by atoms with E-state index >= 15 is 0 Å². The van der Waals surface area contributed by atoms with Gasteiger partial charge in [-0.25, -0.2) is 9.59 Å². The Bertz CT molecular complexity index is 1500. The fourth-order valence-electron chi connectivity index (χ4n) is 4.93. The van der Waals surface area contributed by atoms with E-state index in [0.29, 0.717) is 18.8 Å². The maximum absolute atomic E-state index is 12.2. The van der Waals surface area contributed by atoms with Gasteiger partial charge < -0.3 is 23.7 Å². The van der Waals surface area contributed by atoms with Gasteiger partial charge in [-0.2, -0.15) is 0 Å². The Kier molecular flexibility index (Phi) is 13.9. The van der Waals surface area contributed by atoms with Crippen LogP contribution in [0.25, 0.3) is 23.3 Å². The first-order chi connectivity index (χ1) is 22.9. The summed E-state index contributed by atoms with van der Waals surface area (Å²) in [4.78, 5) is 35.3. The van der Waals surface area contributed by atoms with Gasteiger partial charge in [0.25, 0.3) is 0 Å². The summed E-state index contributed by atoms with van der Waals surface area (Å²) in [6.45, 7) is 8.03. The molecule has 1 fully saturated rings. The molecule has 0 spiro atoms. The first-order valence-electron chi connectivity index (χ1n) is 16.0. The predicted octanol–water partition coefficient (Wildman–Crippen LogP) is 7.77. The van der Waals surface area contributed by atoms with Crippen molar-refractivity contribution in [3.63, 3.8) is 0 Å². The standard InChI is InChI=1S/C39H42O8/c1-3-37(40)45-27-26-44-34-20-14-31(15-21-34)11-10-30-12-16-32(17-13-30)33-18-22-35(23-19-33)43-24-7-25-46-39(42)29(2)28-38(41)47-36-8-5-4-6-9-36/h3,10-23,36H,1-2,4-9,24-28H2/b11-10+. The van der Waals surface area contributed by atoms with E-state index in [1.165, 1.54) is 6.42 Å². The van der Waals surface area contributed by atoms with Gasteiger partial charge in [0, 0.05) is 18.1 Å². The fraction of sp³-hybridized carbons (Fsp3) is 0.308. The molecule has 0 aliphatic heterocycles. The minimum absolute atomic E-state index is 0.0472. The van der Waals surface area contributed by atoms with Crippen LogP contribution in [0, 0.1) is 0 Å². The van der Waals surface area contributed by atoms with Gasteiger partial charge in [0.2, 0.25) is 0 Å². The Morgan fingerprint density at radius 3 is 1.85 bits per heavy atom. The molecular weight excluding hydrogens is 596 g/mol. The SMILES string of the molecule is C=CC(=O)OCCOc1ccc(/C=C/c2ccc(-c3ccc(OCCCOC(=O)C(=C)CC(=O)OC4CCCCC4)cc3)cc2)cc1. The number of carbonyl (C=O) groups excluding carboxylic acids is 3. The van der Waals surface area contributed by atoms with E-state index in [1.807, 2.05) is 60.7 Å². The van der Waals surface area contributed by atoms with Gasteiger partial charge >= 0.3 is 17.9 Å². The molecule has 0 heterocycles. The molecule has 1 aliphatic carbocycles. The summed E-state index contributed by atoms with van der Waals surface area (Å²) in [6, 6.07) is 23.8. The maximum atomic E-state index is 12.2. The summed E-state index contributed by atoms with van der Waals surface area (Å²) in [7, 11) is 0. The molecule has 3 aromatic carbocycles. The summed E-state index contributed by atoms with van der Waals surface area (Å²) in [5.41, 5.74) is 4.36. The molecule has 0 unspecified atom stereocenters. The summed E-state index contributed by atoms with van der Waals surface area (Å²) in [5.74, 6) is -0.0495. The summed E-state index contributed by atoms with van der Waals surface area (Å²) < 4.78 is 27.0. The summed E-state index contributed by atoms with van der Waals surface area (Å²) in [6.07, 6.45) is 10.6. The highest BCUT2D eigenvalue weighted by Gasteiger charge is 2.20. The molecule has 8 nitrogen and oxygen atoms in total. The van der Waals surface area contributed by atoms with E-state index < -0.39 is 17.9 Å². The van der Waals surface area contributed by atoms with Crippen LogP contribution in [0.3, 0.4) is 0 Å². The lowest BCUT2D eigenvalue weighted by atomic mass is 9.98. The Labute approximate surface area is 276 Å². The highest BCUT2D eigenvalue weighted by molar-refractivity contribution is 5.93. The molecular formula is C39H42O8. The van der Waals surface area contributed by atoms with E-state index in [0.717, 1.165) is 59.8 Å². The molecule has 0 bridgehead atoms. The van der Waals surface area contributed by atoms with Crippen LogP contribution in [0.15, 0.2) is 97.6 Å². The Balaban J connectivity index is 1.12. The van der Waals surface area contributed by atoms with Gasteiger partial charge in [0.1, 0.15) is 30.8 Å². The average molecular weight is 639 g/mol. The molecule has 0 radical (unpaired) electrons. The number of hydrogen-bond acceptors (Lipinski definition) is 8. The van der Waals surface area contributed by atoms with Gasteiger partial charge in [0.15, 0.2) is 0 Å². The Morgan fingerprint density at radius 1 is 0.681 bits per heavy atom. The Morgan fingerprint density at radius 2 is 1.23 bits per heavy atom. The van der Waals surface area contributed by atoms with Crippen molar-refractivity contribution in [1.29, 1.82) is 0 Å². The van der Waals surface area contributed by atoms with Gasteiger partial charge in [0.05, 0.1) is 19.6 Å². The topological polar surface area (TPSA) is 97.4 Å². The predicted molar refractivity (Wildman–Crippen MR) is 182 cm³/mol. The maximum Gasteiger partial charge on any atom is 0.333 e. The molecule has 1 saturated carbocycles. The quantitative estimate of drug-likeness (QED) is 0.0487. The van der Waals surface area contributed by atoms with E-state index in [9.17, 15) is 14.4 Å². The zero-order chi connectivity index (χ0) is 33.3. The molecule has 4 rings (SSSR count). The average Bonchev–Trinajstić information content (AvgIpc) is 3.10. The second-order valence-corrected chi connectivity index (χ2v) is 11.1. The van der Waals surface area contributed by atoms with Crippen LogP contribution >= 0.6 is 0 Å². The Hall–Kier alpha value is -5.11. The third-order valence-electron chi connectivity index (χ3n) is 7.50. The van der Waals surface area contributed by atoms with Crippen LogP contribution in [0.4, 0.5) is 0 Å². The van der Waals surface area contributed by atoms with E-state index in [-0.39, 0.29) is 37.9 Å². The van der Waals surface area contributed by atoms with Gasteiger partial charge in [-0.05, 0) is 72.2 Å². The van der Waals surface area contributed by atoms with Crippen LogP contribution in [0.1, 0.15) is 56.1 Å². The molecule has 246 valence electrons. The van der Waals surface area contributed by atoms with Crippen LogP contribution in [0.5, 0.6) is 11.5 Å². The molecule has 3 aromatic rings. The van der Waals surface area contributed by atoms with Crippen LogP contribution in [-0.4, -0.2) is 50.4 Å². The summed E-state index contributed by atoms with van der Waals surface area (Å²) in [5, 5.41) is 0. The number of rotatable bonds is 17. The minimum Gasteiger partial charge on any atom is -0.493 e. The molecule has 0 N–H and O–H groups in total. The van der Waals surface area contributed by atoms with Gasteiger partial charge in [-0.15, -0.1) is 0 Å². The first-order valence-corrected chi connectivity index (χ1v) is 16.0. The highest BCUT2D eigenvalue weighted by Crippen LogP contribution is 2.24. The molecule has 0 saturated heterocycles. The number of carbonyl (C=O) groups is 3. The van der Waals surface area contributed by atoms with Crippen LogP contribution in [0.2, 0.25) is 0 Å². The highest BCUT2D eigenvalue weighted by atomic mass is 16.6. The van der Waals surface area contributed by atoms with Crippen molar-refractivity contribution in [2.24, 2.45) is 0 Å². The lowest BCUT2D eigenvalue weighted by Gasteiger charge is -2.21. The number of hydrogen-bond donors (Lipinski definition) is 0. The third kappa shape index (κ3) is 12.3. The monoisotopic (exact) mass is 638 g/mol. The molecule has 1 aliphatic rings. The van der Waals surface area contributed by atoms with E-state index in [1.54, 1.807) is 0 Å².